The summed E-state index contributed by atoms with van der Waals surface area (Å²) in [6.45, 7) is 0.630. The average molecular weight is 306 g/mol. The van der Waals surface area contributed by atoms with E-state index >= 15 is 0 Å². The molecular formula is C15H16BrNO. The van der Waals surface area contributed by atoms with E-state index in [1.165, 1.54) is 5.56 Å². The second kappa shape index (κ2) is 6.57. The maximum atomic E-state index is 5.29. The van der Waals surface area contributed by atoms with E-state index in [1.54, 1.807) is 7.11 Å². The van der Waals surface area contributed by atoms with Gasteiger partial charge in [0.1, 0.15) is 0 Å². The van der Waals surface area contributed by atoms with E-state index in [1.807, 2.05) is 36.4 Å². The summed E-state index contributed by atoms with van der Waals surface area (Å²) in [5, 5.41) is 3.49. The molecule has 2 rings (SSSR count). The summed E-state index contributed by atoms with van der Waals surface area (Å²) in [5.74, 6) is 0. The molecule has 18 heavy (non-hydrogen) atoms. The number of halogens is 1. The van der Waals surface area contributed by atoms with Gasteiger partial charge in [-0.05, 0) is 33.6 Å². The van der Waals surface area contributed by atoms with E-state index in [2.05, 4.69) is 39.4 Å². The Morgan fingerprint density at radius 3 is 2.39 bits per heavy atom. The molecule has 0 unspecified atom stereocenters. The molecule has 3 heteroatoms. The number of ether oxygens (including phenoxy) is 1. The molecule has 0 saturated heterocycles. The maximum absolute atomic E-state index is 5.29. The number of benzene rings is 2. The summed E-state index contributed by atoms with van der Waals surface area (Å²) in [6, 6.07) is 18.6. The lowest BCUT2D eigenvalue weighted by molar-refractivity contribution is 0.186. The SMILES string of the molecule is COC[C@H](Nc1ccccc1Br)c1ccccc1. The predicted molar refractivity (Wildman–Crippen MR) is 78.8 cm³/mol. The molecule has 0 saturated carbocycles. The van der Waals surface area contributed by atoms with Crippen molar-refractivity contribution in [2.24, 2.45) is 0 Å². The number of hydrogen-bond donors (Lipinski definition) is 1. The molecule has 2 aromatic rings. The van der Waals surface area contributed by atoms with Crippen molar-refractivity contribution < 1.29 is 4.74 Å². The Labute approximate surface area is 116 Å². The van der Waals surface area contributed by atoms with Crippen molar-refractivity contribution in [3.63, 3.8) is 0 Å². The number of anilines is 1. The van der Waals surface area contributed by atoms with Gasteiger partial charge in [-0.25, -0.2) is 0 Å². The highest BCUT2D eigenvalue weighted by molar-refractivity contribution is 9.10. The van der Waals surface area contributed by atoms with Crippen LogP contribution in [0.15, 0.2) is 59.1 Å². The number of para-hydroxylation sites is 1. The molecule has 1 atom stereocenters. The standard InChI is InChI=1S/C15H16BrNO/c1-18-11-15(12-7-3-2-4-8-12)17-14-10-6-5-9-13(14)16/h2-10,15,17H,11H2,1H3/t15-/m0/s1. The lowest BCUT2D eigenvalue weighted by Gasteiger charge is -2.20. The molecule has 0 amide bonds. The molecule has 1 N–H and O–H groups in total. The summed E-state index contributed by atoms with van der Waals surface area (Å²) in [4.78, 5) is 0. The normalized spacial score (nSPS) is 12.1. The molecule has 2 aromatic carbocycles. The Bertz CT molecular complexity index is 487. The quantitative estimate of drug-likeness (QED) is 0.891. The van der Waals surface area contributed by atoms with Crippen LogP contribution in [-0.2, 0) is 4.74 Å². The van der Waals surface area contributed by atoms with Gasteiger partial charge >= 0.3 is 0 Å². The number of methoxy groups -OCH3 is 1. The van der Waals surface area contributed by atoms with Gasteiger partial charge in [0.2, 0.25) is 0 Å². The zero-order valence-electron chi connectivity index (χ0n) is 10.3. The van der Waals surface area contributed by atoms with E-state index in [0.29, 0.717) is 6.61 Å². The van der Waals surface area contributed by atoms with Crippen LogP contribution in [0.5, 0.6) is 0 Å². The molecule has 0 spiro atoms. The van der Waals surface area contributed by atoms with Gasteiger partial charge in [0.25, 0.3) is 0 Å². The average Bonchev–Trinajstić information content (AvgIpc) is 2.42. The molecule has 0 aliphatic rings. The third-order valence-electron chi connectivity index (χ3n) is 2.74. The molecule has 0 fully saturated rings. The van der Waals surface area contributed by atoms with Crippen LogP contribution in [0.1, 0.15) is 11.6 Å². The smallest absolute Gasteiger partial charge is 0.0747 e. The predicted octanol–water partition coefficient (Wildman–Crippen LogP) is 4.25. The fourth-order valence-electron chi connectivity index (χ4n) is 1.84. The fraction of sp³-hybridized carbons (Fsp3) is 0.200. The molecule has 0 bridgehead atoms. The highest BCUT2D eigenvalue weighted by atomic mass is 79.9. The van der Waals surface area contributed by atoms with Crippen molar-refractivity contribution in [2.45, 2.75) is 6.04 Å². The Morgan fingerprint density at radius 2 is 1.72 bits per heavy atom. The van der Waals surface area contributed by atoms with Crippen LogP contribution in [0, 0.1) is 0 Å². The highest BCUT2D eigenvalue weighted by Gasteiger charge is 2.11. The van der Waals surface area contributed by atoms with Gasteiger partial charge in [0.05, 0.1) is 12.6 Å². The summed E-state index contributed by atoms with van der Waals surface area (Å²) in [6.07, 6.45) is 0. The first-order chi connectivity index (χ1) is 8.81. The molecule has 94 valence electrons. The van der Waals surface area contributed by atoms with E-state index in [-0.39, 0.29) is 6.04 Å². The Morgan fingerprint density at radius 1 is 1.06 bits per heavy atom. The van der Waals surface area contributed by atoms with Gasteiger partial charge in [-0.3, -0.25) is 0 Å². The summed E-state index contributed by atoms with van der Waals surface area (Å²) < 4.78 is 6.35. The van der Waals surface area contributed by atoms with Crippen LogP contribution in [0.4, 0.5) is 5.69 Å². The lowest BCUT2D eigenvalue weighted by Crippen LogP contribution is -2.16. The first-order valence-corrected chi connectivity index (χ1v) is 6.65. The minimum absolute atomic E-state index is 0.148. The molecule has 0 radical (unpaired) electrons. The number of rotatable bonds is 5. The molecule has 0 aromatic heterocycles. The second-order valence-corrected chi connectivity index (χ2v) is 4.90. The molecule has 2 nitrogen and oxygen atoms in total. The molecule has 0 aliphatic heterocycles. The van der Waals surface area contributed by atoms with Gasteiger partial charge in [-0.15, -0.1) is 0 Å². The second-order valence-electron chi connectivity index (χ2n) is 4.04. The van der Waals surface area contributed by atoms with Gasteiger partial charge in [0.15, 0.2) is 0 Å². The van der Waals surface area contributed by atoms with Gasteiger partial charge in [-0.1, -0.05) is 42.5 Å². The summed E-state index contributed by atoms with van der Waals surface area (Å²) >= 11 is 3.55. The molecule has 0 aliphatic carbocycles. The van der Waals surface area contributed by atoms with Crippen LogP contribution >= 0.6 is 15.9 Å². The third-order valence-corrected chi connectivity index (χ3v) is 3.43. The van der Waals surface area contributed by atoms with Crippen molar-refractivity contribution in [1.82, 2.24) is 0 Å². The summed E-state index contributed by atoms with van der Waals surface area (Å²) in [5.41, 5.74) is 2.29. The molecule has 0 heterocycles. The zero-order valence-corrected chi connectivity index (χ0v) is 11.9. The van der Waals surface area contributed by atoms with Crippen LogP contribution in [0.3, 0.4) is 0 Å². The van der Waals surface area contributed by atoms with E-state index < -0.39 is 0 Å². The Balaban J connectivity index is 2.19. The number of hydrogen-bond acceptors (Lipinski definition) is 2. The maximum Gasteiger partial charge on any atom is 0.0747 e. The first kappa shape index (κ1) is 13.1. The largest absolute Gasteiger partial charge is 0.382 e. The Kier molecular flexibility index (Phi) is 4.79. The van der Waals surface area contributed by atoms with Crippen LogP contribution < -0.4 is 5.32 Å². The third kappa shape index (κ3) is 3.34. The summed E-state index contributed by atoms with van der Waals surface area (Å²) in [7, 11) is 1.72. The lowest BCUT2D eigenvalue weighted by atomic mass is 10.1. The van der Waals surface area contributed by atoms with Crippen LogP contribution in [-0.4, -0.2) is 13.7 Å². The first-order valence-electron chi connectivity index (χ1n) is 5.86. The van der Waals surface area contributed by atoms with Gasteiger partial charge < -0.3 is 10.1 Å². The minimum atomic E-state index is 0.148. The van der Waals surface area contributed by atoms with E-state index in [4.69, 9.17) is 4.74 Å². The molecular weight excluding hydrogens is 290 g/mol. The van der Waals surface area contributed by atoms with Crippen molar-refractivity contribution >= 4 is 21.6 Å². The highest BCUT2D eigenvalue weighted by Crippen LogP contribution is 2.26. The van der Waals surface area contributed by atoms with E-state index in [0.717, 1.165) is 10.2 Å². The van der Waals surface area contributed by atoms with Crippen molar-refractivity contribution in [1.29, 1.82) is 0 Å². The van der Waals surface area contributed by atoms with E-state index in [9.17, 15) is 0 Å². The topological polar surface area (TPSA) is 21.3 Å². The Hall–Kier alpha value is -1.32. The fourth-order valence-corrected chi connectivity index (χ4v) is 2.24. The van der Waals surface area contributed by atoms with Gasteiger partial charge in [-0.2, -0.15) is 0 Å². The zero-order chi connectivity index (χ0) is 12.8. The van der Waals surface area contributed by atoms with Crippen molar-refractivity contribution in [2.75, 3.05) is 19.0 Å². The monoisotopic (exact) mass is 305 g/mol. The number of nitrogens with one attached hydrogen (secondary N) is 1. The minimum Gasteiger partial charge on any atom is -0.382 e. The van der Waals surface area contributed by atoms with Gasteiger partial charge in [0, 0.05) is 17.3 Å². The van der Waals surface area contributed by atoms with Crippen molar-refractivity contribution in [3.8, 4) is 0 Å². The van der Waals surface area contributed by atoms with Crippen LogP contribution in [0.25, 0.3) is 0 Å². The van der Waals surface area contributed by atoms with Crippen LogP contribution in [0.2, 0.25) is 0 Å². The van der Waals surface area contributed by atoms with Crippen molar-refractivity contribution in [3.05, 3.63) is 64.6 Å².